The molecule has 2 aromatic rings. The SMILES string of the molecule is COc1nsc(NC(=O)Oc2ccccc2)n1. The van der Waals surface area contributed by atoms with Crippen LogP contribution in [0.4, 0.5) is 9.93 Å². The van der Waals surface area contributed by atoms with Crippen molar-refractivity contribution < 1.29 is 14.3 Å². The van der Waals surface area contributed by atoms with Gasteiger partial charge in [-0.05, 0) is 12.1 Å². The third-order valence-electron chi connectivity index (χ3n) is 1.75. The van der Waals surface area contributed by atoms with E-state index < -0.39 is 6.09 Å². The first-order valence-electron chi connectivity index (χ1n) is 4.69. The van der Waals surface area contributed by atoms with E-state index in [2.05, 4.69) is 14.7 Å². The van der Waals surface area contributed by atoms with Crippen LogP contribution in [0.15, 0.2) is 30.3 Å². The topological polar surface area (TPSA) is 73.3 Å². The van der Waals surface area contributed by atoms with E-state index in [1.54, 1.807) is 24.3 Å². The van der Waals surface area contributed by atoms with Crippen LogP contribution in [0.5, 0.6) is 11.8 Å². The van der Waals surface area contributed by atoms with Gasteiger partial charge in [0, 0.05) is 11.5 Å². The second-order valence-electron chi connectivity index (χ2n) is 2.91. The van der Waals surface area contributed by atoms with Crippen molar-refractivity contribution in [2.75, 3.05) is 12.4 Å². The Morgan fingerprint density at radius 1 is 1.35 bits per heavy atom. The highest BCUT2D eigenvalue weighted by Crippen LogP contribution is 2.16. The minimum Gasteiger partial charge on any atom is -0.466 e. The highest BCUT2D eigenvalue weighted by atomic mass is 32.1. The minimum atomic E-state index is -0.616. The van der Waals surface area contributed by atoms with E-state index in [-0.39, 0.29) is 6.01 Å². The molecule has 17 heavy (non-hydrogen) atoms. The van der Waals surface area contributed by atoms with Crippen LogP contribution in [0.1, 0.15) is 0 Å². The van der Waals surface area contributed by atoms with Crippen molar-refractivity contribution >= 4 is 22.8 Å². The number of aromatic nitrogens is 2. The maximum absolute atomic E-state index is 11.4. The summed E-state index contributed by atoms with van der Waals surface area (Å²) in [6.07, 6.45) is -0.616. The molecule has 7 heteroatoms. The number of anilines is 1. The summed E-state index contributed by atoms with van der Waals surface area (Å²) >= 11 is 1.01. The molecule has 1 aromatic heterocycles. The van der Waals surface area contributed by atoms with Gasteiger partial charge in [-0.2, -0.15) is 4.98 Å². The van der Waals surface area contributed by atoms with Gasteiger partial charge in [0.25, 0.3) is 0 Å². The molecular weight excluding hydrogens is 242 g/mol. The van der Waals surface area contributed by atoms with E-state index >= 15 is 0 Å². The first kappa shape index (κ1) is 11.3. The smallest absolute Gasteiger partial charge is 0.418 e. The molecule has 0 bridgehead atoms. The van der Waals surface area contributed by atoms with Gasteiger partial charge in [0.1, 0.15) is 5.75 Å². The molecule has 1 amide bonds. The van der Waals surface area contributed by atoms with Crippen LogP contribution in [0.25, 0.3) is 0 Å². The summed E-state index contributed by atoms with van der Waals surface area (Å²) in [7, 11) is 1.45. The Morgan fingerprint density at radius 3 is 2.76 bits per heavy atom. The van der Waals surface area contributed by atoms with Gasteiger partial charge in [-0.1, -0.05) is 18.2 Å². The number of nitrogens with zero attached hydrogens (tertiary/aromatic N) is 2. The number of rotatable bonds is 3. The molecule has 1 N–H and O–H groups in total. The molecule has 0 saturated carbocycles. The van der Waals surface area contributed by atoms with Crippen LogP contribution in [-0.2, 0) is 0 Å². The normalized spacial score (nSPS) is 9.71. The Kier molecular flexibility index (Phi) is 3.51. The number of amides is 1. The molecule has 0 aliphatic heterocycles. The maximum Gasteiger partial charge on any atom is 0.418 e. The number of para-hydroxylation sites is 1. The molecule has 0 saturated heterocycles. The molecular formula is C10H9N3O3S. The zero-order valence-electron chi connectivity index (χ0n) is 8.91. The van der Waals surface area contributed by atoms with E-state index in [1.165, 1.54) is 7.11 Å². The second-order valence-corrected chi connectivity index (χ2v) is 3.67. The van der Waals surface area contributed by atoms with Gasteiger partial charge in [-0.15, -0.1) is 4.37 Å². The lowest BCUT2D eigenvalue weighted by Crippen LogP contribution is -2.16. The predicted molar refractivity (Wildman–Crippen MR) is 62.5 cm³/mol. The summed E-state index contributed by atoms with van der Waals surface area (Å²) in [5, 5.41) is 2.77. The van der Waals surface area contributed by atoms with Crippen LogP contribution in [0, 0.1) is 0 Å². The summed E-state index contributed by atoms with van der Waals surface area (Å²) in [6.45, 7) is 0. The number of carbonyl (C=O) groups is 1. The van der Waals surface area contributed by atoms with E-state index in [0.29, 0.717) is 10.9 Å². The predicted octanol–water partition coefficient (Wildman–Crippen LogP) is 2.16. The summed E-state index contributed by atoms with van der Waals surface area (Å²) in [4.78, 5) is 15.3. The van der Waals surface area contributed by atoms with Crippen molar-refractivity contribution in [2.45, 2.75) is 0 Å². The average Bonchev–Trinajstić information content (AvgIpc) is 2.78. The zero-order chi connectivity index (χ0) is 12.1. The highest BCUT2D eigenvalue weighted by molar-refractivity contribution is 7.10. The molecule has 2 rings (SSSR count). The van der Waals surface area contributed by atoms with E-state index in [1.807, 2.05) is 6.07 Å². The van der Waals surface area contributed by atoms with Crippen molar-refractivity contribution in [1.82, 2.24) is 9.36 Å². The van der Waals surface area contributed by atoms with Gasteiger partial charge in [0.2, 0.25) is 5.13 Å². The fraction of sp³-hybridized carbons (Fsp3) is 0.100. The molecule has 0 atom stereocenters. The molecule has 1 heterocycles. The number of nitrogens with one attached hydrogen (secondary N) is 1. The van der Waals surface area contributed by atoms with Gasteiger partial charge in [0.15, 0.2) is 0 Å². The molecule has 0 aliphatic rings. The number of benzene rings is 1. The van der Waals surface area contributed by atoms with Gasteiger partial charge < -0.3 is 9.47 Å². The first-order valence-corrected chi connectivity index (χ1v) is 5.47. The van der Waals surface area contributed by atoms with Gasteiger partial charge >= 0.3 is 12.1 Å². The number of carbonyl (C=O) groups excluding carboxylic acids is 1. The highest BCUT2D eigenvalue weighted by Gasteiger charge is 2.09. The van der Waals surface area contributed by atoms with E-state index in [9.17, 15) is 4.79 Å². The van der Waals surface area contributed by atoms with Gasteiger partial charge in [-0.3, -0.25) is 5.32 Å². The largest absolute Gasteiger partial charge is 0.466 e. The molecule has 0 unspecified atom stereocenters. The number of methoxy groups -OCH3 is 1. The number of ether oxygens (including phenoxy) is 2. The van der Waals surface area contributed by atoms with Crippen LogP contribution < -0.4 is 14.8 Å². The van der Waals surface area contributed by atoms with Gasteiger partial charge in [0.05, 0.1) is 7.11 Å². The summed E-state index contributed by atoms with van der Waals surface area (Å²) in [5.74, 6) is 0.460. The zero-order valence-corrected chi connectivity index (χ0v) is 9.73. The van der Waals surface area contributed by atoms with E-state index in [0.717, 1.165) is 11.5 Å². The average molecular weight is 251 g/mol. The van der Waals surface area contributed by atoms with Crippen molar-refractivity contribution in [3.63, 3.8) is 0 Å². The minimum absolute atomic E-state index is 0.213. The molecule has 88 valence electrons. The molecule has 0 fully saturated rings. The second kappa shape index (κ2) is 5.26. The summed E-state index contributed by atoms with van der Waals surface area (Å²) < 4.78 is 13.6. The Hall–Kier alpha value is -2.15. The van der Waals surface area contributed by atoms with Gasteiger partial charge in [-0.25, -0.2) is 4.79 Å². The van der Waals surface area contributed by atoms with Crippen molar-refractivity contribution in [3.8, 4) is 11.8 Å². The standard InChI is InChI=1S/C10H9N3O3S/c1-15-8-11-9(17-13-8)12-10(14)16-7-5-3-2-4-6-7/h2-6H,1H3,(H,11,12,13,14). The van der Waals surface area contributed by atoms with Crippen LogP contribution in [0.2, 0.25) is 0 Å². The summed E-state index contributed by atoms with van der Waals surface area (Å²) in [5.41, 5.74) is 0. The first-order chi connectivity index (χ1) is 8.28. The fourth-order valence-corrected chi connectivity index (χ4v) is 1.58. The van der Waals surface area contributed by atoms with Crippen LogP contribution in [-0.4, -0.2) is 22.6 Å². The lowest BCUT2D eigenvalue weighted by Gasteiger charge is -2.02. The lowest BCUT2D eigenvalue weighted by atomic mass is 10.3. The van der Waals surface area contributed by atoms with Crippen molar-refractivity contribution in [2.24, 2.45) is 0 Å². The lowest BCUT2D eigenvalue weighted by molar-refractivity contribution is 0.215. The third-order valence-corrected chi connectivity index (χ3v) is 2.37. The Bertz CT molecular complexity index is 501. The summed E-state index contributed by atoms with van der Waals surface area (Å²) in [6, 6.07) is 8.96. The molecule has 0 aliphatic carbocycles. The van der Waals surface area contributed by atoms with Crippen LogP contribution >= 0.6 is 11.5 Å². The maximum atomic E-state index is 11.4. The fourth-order valence-electron chi connectivity index (χ4n) is 1.05. The number of hydrogen-bond acceptors (Lipinski definition) is 6. The Balaban J connectivity index is 1.93. The van der Waals surface area contributed by atoms with Crippen LogP contribution in [0.3, 0.4) is 0 Å². The van der Waals surface area contributed by atoms with Crippen molar-refractivity contribution in [1.29, 1.82) is 0 Å². The number of hydrogen-bond donors (Lipinski definition) is 1. The molecule has 1 aromatic carbocycles. The Labute approximate surface area is 101 Å². The third kappa shape index (κ3) is 3.15. The van der Waals surface area contributed by atoms with Crippen molar-refractivity contribution in [3.05, 3.63) is 30.3 Å². The van der Waals surface area contributed by atoms with E-state index in [4.69, 9.17) is 9.47 Å². The molecule has 6 nitrogen and oxygen atoms in total. The monoisotopic (exact) mass is 251 g/mol. The molecule has 0 spiro atoms. The molecule has 0 radical (unpaired) electrons. The quantitative estimate of drug-likeness (QED) is 0.904. The Morgan fingerprint density at radius 2 is 2.12 bits per heavy atom.